The summed E-state index contributed by atoms with van der Waals surface area (Å²) in [6.07, 6.45) is 7.09. The molecule has 1 aliphatic rings. The summed E-state index contributed by atoms with van der Waals surface area (Å²) in [7, 11) is 0. The number of hydrogen-bond donors (Lipinski definition) is 2. The van der Waals surface area contributed by atoms with Gasteiger partial charge in [0.25, 0.3) is 0 Å². The van der Waals surface area contributed by atoms with Crippen molar-refractivity contribution in [2.75, 3.05) is 5.32 Å². The molecular formula is C15H21N3. The molecule has 0 amide bonds. The summed E-state index contributed by atoms with van der Waals surface area (Å²) >= 11 is 0. The van der Waals surface area contributed by atoms with Crippen molar-refractivity contribution in [2.45, 2.75) is 45.6 Å². The Hall–Kier alpha value is -1.51. The third-order valence-corrected chi connectivity index (χ3v) is 4.02. The van der Waals surface area contributed by atoms with Crippen molar-refractivity contribution in [3.63, 3.8) is 0 Å². The van der Waals surface area contributed by atoms with Gasteiger partial charge in [-0.15, -0.1) is 0 Å². The first kappa shape index (κ1) is 11.6. The van der Waals surface area contributed by atoms with E-state index in [0.717, 1.165) is 5.52 Å². The van der Waals surface area contributed by atoms with Gasteiger partial charge in [-0.3, -0.25) is 5.10 Å². The third-order valence-electron chi connectivity index (χ3n) is 4.02. The Labute approximate surface area is 108 Å². The van der Waals surface area contributed by atoms with Gasteiger partial charge < -0.3 is 5.32 Å². The summed E-state index contributed by atoms with van der Waals surface area (Å²) in [5, 5.41) is 11.9. The third kappa shape index (κ3) is 2.35. The number of anilines is 1. The Bertz CT molecular complexity index is 541. The molecule has 1 unspecified atom stereocenters. The minimum atomic E-state index is 0.480. The van der Waals surface area contributed by atoms with Crippen LogP contribution in [0.5, 0.6) is 0 Å². The lowest BCUT2D eigenvalue weighted by Crippen LogP contribution is -2.31. The monoisotopic (exact) mass is 243 g/mol. The van der Waals surface area contributed by atoms with E-state index in [4.69, 9.17) is 0 Å². The largest absolute Gasteiger partial charge is 0.382 e. The van der Waals surface area contributed by atoms with Gasteiger partial charge in [-0.1, -0.05) is 20.3 Å². The van der Waals surface area contributed by atoms with Crippen LogP contribution in [0.15, 0.2) is 24.4 Å². The fourth-order valence-electron chi connectivity index (χ4n) is 3.08. The molecule has 1 fully saturated rings. The zero-order valence-corrected chi connectivity index (χ0v) is 11.2. The van der Waals surface area contributed by atoms with Crippen LogP contribution in [-0.2, 0) is 0 Å². The highest BCUT2D eigenvalue weighted by Gasteiger charge is 2.27. The van der Waals surface area contributed by atoms with E-state index in [2.05, 4.69) is 47.6 Å². The van der Waals surface area contributed by atoms with Crippen molar-refractivity contribution in [1.29, 1.82) is 0 Å². The molecule has 1 aliphatic carbocycles. The number of nitrogens with one attached hydrogen (secondary N) is 2. The summed E-state index contributed by atoms with van der Waals surface area (Å²) < 4.78 is 0. The van der Waals surface area contributed by atoms with E-state index >= 15 is 0 Å². The van der Waals surface area contributed by atoms with Crippen LogP contribution >= 0.6 is 0 Å². The topological polar surface area (TPSA) is 40.7 Å². The molecule has 2 N–H and O–H groups in total. The van der Waals surface area contributed by atoms with Gasteiger partial charge in [-0.25, -0.2) is 0 Å². The molecule has 0 radical (unpaired) electrons. The molecule has 0 spiro atoms. The highest BCUT2D eigenvalue weighted by Crippen LogP contribution is 2.36. The predicted octanol–water partition coefficient (Wildman–Crippen LogP) is 3.94. The number of aromatic nitrogens is 2. The van der Waals surface area contributed by atoms with Crippen molar-refractivity contribution >= 4 is 16.6 Å². The van der Waals surface area contributed by atoms with Gasteiger partial charge in [0.15, 0.2) is 0 Å². The van der Waals surface area contributed by atoms with Gasteiger partial charge in [-0.05, 0) is 42.9 Å². The summed E-state index contributed by atoms with van der Waals surface area (Å²) in [6, 6.07) is 7.03. The van der Waals surface area contributed by atoms with Crippen LogP contribution in [0.1, 0.15) is 39.5 Å². The van der Waals surface area contributed by atoms with E-state index < -0.39 is 0 Å². The van der Waals surface area contributed by atoms with Crippen LogP contribution in [-0.4, -0.2) is 16.2 Å². The number of rotatable bonds is 2. The second kappa shape index (κ2) is 4.30. The molecule has 1 heterocycles. The van der Waals surface area contributed by atoms with Crippen LogP contribution in [0.25, 0.3) is 10.9 Å². The molecule has 18 heavy (non-hydrogen) atoms. The zero-order chi connectivity index (χ0) is 12.6. The lowest BCUT2D eigenvalue weighted by molar-refractivity contribution is 0.229. The minimum absolute atomic E-state index is 0.480. The molecule has 3 heteroatoms. The lowest BCUT2D eigenvalue weighted by atomic mass is 9.75. The Kier molecular flexibility index (Phi) is 2.77. The van der Waals surface area contributed by atoms with Crippen molar-refractivity contribution in [3.05, 3.63) is 24.4 Å². The highest BCUT2D eigenvalue weighted by molar-refractivity contribution is 5.81. The molecule has 2 aromatic rings. The van der Waals surface area contributed by atoms with Crippen LogP contribution in [0, 0.1) is 5.41 Å². The number of fused-ring (bicyclic) bond motifs is 1. The Balaban J connectivity index is 1.75. The molecule has 1 saturated carbocycles. The Morgan fingerprint density at radius 1 is 1.39 bits per heavy atom. The molecule has 0 aliphatic heterocycles. The van der Waals surface area contributed by atoms with Gasteiger partial charge in [0.2, 0.25) is 0 Å². The zero-order valence-electron chi connectivity index (χ0n) is 11.2. The average Bonchev–Trinajstić information content (AvgIpc) is 2.74. The summed E-state index contributed by atoms with van der Waals surface area (Å²) in [5.74, 6) is 0. The number of benzene rings is 1. The minimum Gasteiger partial charge on any atom is -0.382 e. The molecule has 3 nitrogen and oxygen atoms in total. The van der Waals surface area contributed by atoms with Crippen LogP contribution < -0.4 is 5.32 Å². The standard InChI is InChI=1S/C15H21N3/c1-15(2)7-3-4-13(9-15)17-12-6-5-11-10-16-18-14(11)8-12/h5-6,8,10,13,17H,3-4,7,9H2,1-2H3,(H,16,18). The van der Waals surface area contributed by atoms with E-state index in [1.54, 1.807) is 0 Å². The first-order valence-electron chi connectivity index (χ1n) is 6.82. The van der Waals surface area contributed by atoms with Gasteiger partial charge in [0, 0.05) is 17.1 Å². The maximum absolute atomic E-state index is 4.06. The Morgan fingerprint density at radius 2 is 2.28 bits per heavy atom. The normalized spacial score (nSPS) is 23.1. The van der Waals surface area contributed by atoms with E-state index in [9.17, 15) is 0 Å². The van der Waals surface area contributed by atoms with Crippen molar-refractivity contribution in [3.8, 4) is 0 Å². The smallest absolute Gasteiger partial charge is 0.0670 e. The quantitative estimate of drug-likeness (QED) is 0.838. The van der Waals surface area contributed by atoms with Crippen molar-refractivity contribution in [1.82, 2.24) is 10.2 Å². The molecule has 1 atom stereocenters. The molecule has 0 bridgehead atoms. The molecule has 0 saturated heterocycles. The maximum Gasteiger partial charge on any atom is 0.0670 e. The first-order valence-corrected chi connectivity index (χ1v) is 6.82. The first-order chi connectivity index (χ1) is 8.62. The van der Waals surface area contributed by atoms with Crippen LogP contribution in [0.4, 0.5) is 5.69 Å². The van der Waals surface area contributed by atoms with E-state index in [-0.39, 0.29) is 0 Å². The fourth-order valence-corrected chi connectivity index (χ4v) is 3.08. The second-order valence-electron chi connectivity index (χ2n) is 6.27. The Morgan fingerprint density at radius 3 is 3.11 bits per heavy atom. The predicted molar refractivity (Wildman–Crippen MR) is 75.8 cm³/mol. The maximum atomic E-state index is 4.06. The number of nitrogens with zero attached hydrogens (tertiary/aromatic N) is 1. The van der Waals surface area contributed by atoms with E-state index in [1.807, 2.05) is 6.20 Å². The molecule has 1 aromatic heterocycles. The lowest BCUT2D eigenvalue weighted by Gasteiger charge is -2.36. The van der Waals surface area contributed by atoms with Crippen molar-refractivity contribution < 1.29 is 0 Å². The number of hydrogen-bond acceptors (Lipinski definition) is 2. The SMILES string of the molecule is CC1(C)CCCC(Nc2ccc3cn[nH]c3c2)C1. The number of aromatic amines is 1. The van der Waals surface area contributed by atoms with Gasteiger partial charge in [0.1, 0.15) is 0 Å². The highest BCUT2D eigenvalue weighted by atomic mass is 15.1. The molecule has 3 rings (SSSR count). The van der Waals surface area contributed by atoms with Gasteiger partial charge in [-0.2, -0.15) is 5.10 Å². The second-order valence-corrected chi connectivity index (χ2v) is 6.27. The average molecular weight is 243 g/mol. The molecular weight excluding hydrogens is 222 g/mol. The van der Waals surface area contributed by atoms with E-state index in [0.29, 0.717) is 11.5 Å². The molecule has 96 valence electrons. The molecule has 1 aromatic carbocycles. The van der Waals surface area contributed by atoms with Crippen LogP contribution in [0.2, 0.25) is 0 Å². The van der Waals surface area contributed by atoms with Gasteiger partial charge in [0.05, 0.1) is 11.7 Å². The summed E-state index contributed by atoms with van der Waals surface area (Å²) in [5.41, 5.74) is 2.79. The fraction of sp³-hybridized carbons (Fsp3) is 0.533. The van der Waals surface area contributed by atoms with Gasteiger partial charge >= 0.3 is 0 Å². The van der Waals surface area contributed by atoms with Crippen molar-refractivity contribution in [2.24, 2.45) is 5.41 Å². The number of H-pyrrole nitrogens is 1. The summed E-state index contributed by atoms with van der Waals surface area (Å²) in [4.78, 5) is 0. The summed E-state index contributed by atoms with van der Waals surface area (Å²) in [6.45, 7) is 4.75. The van der Waals surface area contributed by atoms with E-state index in [1.165, 1.54) is 36.8 Å². The van der Waals surface area contributed by atoms with Crippen LogP contribution in [0.3, 0.4) is 0 Å².